The molecule has 1 saturated carbocycles. The van der Waals surface area contributed by atoms with E-state index >= 15 is 0 Å². The fraction of sp³-hybridized carbons (Fsp3) is 0.929. The van der Waals surface area contributed by atoms with Gasteiger partial charge in [-0.1, -0.05) is 6.42 Å². The second-order valence-electron chi connectivity index (χ2n) is 6.21. The van der Waals surface area contributed by atoms with Crippen molar-refractivity contribution in [3.8, 4) is 0 Å². The van der Waals surface area contributed by atoms with Crippen LogP contribution in [0.3, 0.4) is 0 Å². The highest BCUT2D eigenvalue weighted by molar-refractivity contribution is 5.78. The number of nitrogens with zero attached hydrogens (tertiary/aromatic N) is 1. The van der Waals surface area contributed by atoms with Gasteiger partial charge in [0.2, 0.25) is 0 Å². The summed E-state index contributed by atoms with van der Waals surface area (Å²) in [7, 11) is 0. The number of carboxylic acids is 1. The molecule has 1 aliphatic heterocycles. The lowest BCUT2D eigenvalue weighted by atomic mass is 9.92. The largest absolute Gasteiger partial charge is 0.480 e. The number of nitrogens with one attached hydrogen (secondary N) is 1. The van der Waals surface area contributed by atoms with E-state index in [1.54, 1.807) is 0 Å². The van der Waals surface area contributed by atoms with Crippen molar-refractivity contribution < 1.29 is 9.90 Å². The predicted molar refractivity (Wildman–Crippen MR) is 71.7 cm³/mol. The van der Waals surface area contributed by atoms with E-state index in [9.17, 15) is 9.90 Å². The van der Waals surface area contributed by atoms with Crippen LogP contribution in [0.1, 0.15) is 52.4 Å². The van der Waals surface area contributed by atoms with Crippen LogP contribution < -0.4 is 5.32 Å². The third-order valence-corrected chi connectivity index (χ3v) is 4.29. The van der Waals surface area contributed by atoms with Crippen LogP contribution in [0.25, 0.3) is 0 Å². The Morgan fingerprint density at radius 1 is 1.39 bits per heavy atom. The van der Waals surface area contributed by atoms with Crippen molar-refractivity contribution in [1.82, 2.24) is 10.2 Å². The van der Waals surface area contributed by atoms with Crippen molar-refractivity contribution >= 4 is 5.97 Å². The summed E-state index contributed by atoms with van der Waals surface area (Å²) in [4.78, 5) is 14.0. The molecule has 0 amide bonds. The second-order valence-corrected chi connectivity index (χ2v) is 6.21. The van der Waals surface area contributed by atoms with Gasteiger partial charge in [-0.25, -0.2) is 0 Å². The first-order valence-electron chi connectivity index (χ1n) is 7.26. The fourth-order valence-corrected chi connectivity index (χ4v) is 2.97. The van der Waals surface area contributed by atoms with E-state index in [-0.39, 0.29) is 0 Å². The van der Waals surface area contributed by atoms with Crippen LogP contribution in [0.2, 0.25) is 0 Å². The number of hydrogen-bond acceptors (Lipinski definition) is 3. The molecule has 2 unspecified atom stereocenters. The third kappa shape index (κ3) is 3.45. The van der Waals surface area contributed by atoms with Gasteiger partial charge in [-0.2, -0.15) is 0 Å². The average Bonchev–Trinajstić information content (AvgIpc) is 3.13. The number of carboxylic acid groups (broad SMARTS) is 1. The summed E-state index contributed by atoms with van der Waals surface area (Å²) in [5, 5.41) is 12.8. The Morgan fingerprint density at radius 3 is 2.50 bits per heavy atom. The Hall–Kier alpha value is -0.610. The highest BCUT2D eigenvalue weighted by atomic mass is 16.4. The zero-order valence-electron chi connectivity index (χ0n) is 11.6. The maximum Gasteiger partial charge on any atom is 0.323 e. The first kappa shape index (κ1) is 13.8. The van der Waals surface area contributed by atoms with Gasteiger partial charge in [0.05, 0.1) is 0 Å². The van der Waals surface area contributed by atoms with Gasteiger partial charge in [-0.05, 0) is 59.0 Å². The van der Waals surface area contributed by atoms with Crippen molar-refractivity contribution in [3.05, 3.63) is 0 Å². The molecule has 0 aromatic heterocycles. The van der Waals surface area contributed by atoms with Crippen molar-refractivity contribution in [2.45, 2.75) is 70.0 Å². The standard InChI is InChI=1S/C14H26N2O2/c1-11(16-8-4-3-5-9-16)10-14(2,13(17)18)15-12-6-7-12/h11-12,15H,3-10H2,1-2H3,(H,17,18). The Morgan fingerprint density at radius 2 is 2.00 bits per heavy atom. The quantitative estimate of drug-likeness (QED) is 0.759. The van der Waals surface area contributed by atoms with E-state index in [1.165, 1.54) is 19.3 Å². The van der Waals surface area contributed by atoms with Gasteiger partial charge in [0.25, 0.3) is 0 Å². The summed E-state index contributed by atoms with van der Waals surface area (Å²) in [6, 6.07) is 0.775. The normalized spacial score (nSPS) is 26.6. The van der Waals surface area contributed by atoms with E-state index in [1.807, 2.05) is 6.92 Å². The molecule has 0 aromatic carbocycles. The Bertz CT molecular complexity index is 298. The topological polar surface area (TPSA) is 52.6 Å². The van der Waals surface area contributed by atoms with Crippen LogP contribution >= 0.6 is 0 Å². The highest BCUT2D eigenvalue weighted by Crippen LogP contribution is 2.26. The zero-order valence-corrected chi connectivity index (χ0v) is 11.6. The van der Waals surface area contributed by atoms with Gasteiger partial charge < -0.3 is 10.0 Å². The summed E-state index contributed by atoms with van der Waals surface area (Å²) >= 11 is 0. The first-order chi connectivity index (χ1) is 8.51. The molecular formula is C14H26N2O2. The summed E-state index contributed by atoms with van der Waals surface area (Å²) in [6.07, 6.45) is 6.77. The summed E-state index contributed by atoms with van der Waals surface area (Å²) in [5.74, 6) is -0.710. The smallest absolute Gasteiger partial charge is 0.323 e. The molecule has 0 radical (unpaired) electrons. The zero-order chi connectivity index (χ0) is 13.2. The molecular weight excluding hydrogens is 228 g/mol. The Kier molecular flexibility index (Phi) is 4.28. The van der Waals surface area contributed by atoms with Crippen molar-refractivity contribution in [3.63, 3.8) is 0 Å². The minimum atomic E-state index is -0.766. The minimum Gasteiger partial charge on any atom is -0.480 e. The fourth-order valence-electron chi connectivity index (χ4n) is 2.97. The van der Waals surface area contributed by atoms with Gasteiger partial charge in [-0.3, -0.25) is 10.1 Å². The molecule has 1 saturated heterocycles. The summed E-state index contributed by atoms with van der Waals surface area (Å²) in [5.41, 5.74) is -0.766. The van der Waals surface area contributed by atoms with E-state index in [2.05, 4.69) is 17.1 Å². The van der Waals surface area contributed by atoms with Gasteiger partial charge in [-0.15, -0.1) is 0 Å². The third-order valence-electron chi connectivity index (χ3n) is 4.29. The minimum absolute atomic E-state index is 0.345. The van der Waals surface area contributed by atoms with E-state index in [4.69, 9.17) is 0 Å². The molecule has 2 N–H and O–H groups in total. The molecule has 0 bridgehead atoms. The predicted octanol–water partition coefficient (Wildman–Crippen LogP) is 1.85. The molecule has 18 heavy (non-hydrogen) atoms. The maximum atomic E-state index is 11.5. The van der Waals surface area contributed by atoms with Gasteiger partial charge >= 0.3 is 5.97 Å². The molecule has 2 rings (SSSR count). The number of rotatable bonds is 6. The molecule has 104 valence electrons. The molecule has 2 fully saturated rings. The van der Waals surface area contributed by atoms with Gasteiger partial charge in [0, 0.05) is 12.1 Å². The van der Waals surface area contributed by atoms with Crippen molar-refractivity contribution in [2.24, 2.45) is 0 Å². The van der Waals surface area contributed by atoms with Crippen LogP contribution in [-0.4, -0.2) is 46.7 Å². The van der Waals surface area contributed by atoms with E-state index in [0.717, 1.165) is 25.9 Å². The van der Waals surface area contributed by atoms with E-state index < -0.39 is 11.5 Å². The van der Waals surface area contributed by atoms with Crippen LogP contribution in [-0.2, 0) is 4.79 Å². The number of piperidine rings is 1. The van der Waals surface area contributed by atoms with Crippen LogP contribution in [0.5, 0.6) is 0 Å². The Balaban J connectivity index is 1.91. The van der Waals surface area contributed by atoms with Crippen LogP contribution in [0.15, 0.2) is 0 Å². The van der Waals surface area contributed by atoms with Crippen molar-refractivity contribution in [1.29, 1.82) is 0 Å². The molecule has 4 nitrogen and oxygen atoms in total. The number of hydrogen-bond donors (Lipinski definition) is 2. The average molecular weight is 254 g/mol. The molecule has 0 aromatic rings. The monoisotopic (exact) mass is 254 g/mol. The van der Waals surface area contributed by atoms with Gasteiger partial charge in [0.1, 0.15) is 5.54 Å². The van der Waals surface area contributed by atoms with Crippen molar-refractivity contribution in [2.75, 3.05) is 13.1 Å². The first-order valence-corrected chi connectivity index (χ1v) is 7.26. The summed E-state index contributed by atoms with van der Waals surface area (Å²) < 4.78 is 0. The second kappa shape index (κ2) is 5.57. The molecule has 4 heteroatoms. The SMILES string of the molecule is CC(CC(C)(NC1CC1)C(=O)O)N1CCCCC1. The van der Waals surface area contributed by atoms with E-state index in [0.29, 0.717) is 18.5 Å². The lowest BCUT2D eigenvalue weighted by molar-refractivity contribution is -0.145. The number of likely N-dealkylation sites (tertiary alicyclic amines) is 1. The molecule has 2 atom stereocenters. The Labute approximate surface area is 110 Å². The van der Waals surface area contributed by atoms with Gasteiger partial charge in [0.15, 0.2) is 0 Å². The molecule has 0 spiro atoms. The highest BCUT2D eigenvalue weighted by Gasteiger charge is 2.40. The van der Waals surface area contributed by atoms with Crippen LogP contribution in [0, 0.1) is 0 Å². The number of aliphatic carboxylic acids is 1. The maximum absolute atomic E-state index is 11.5. The molecule has 1 aliphatic carbocycles. The molecule has 1 heterocycles. The summed E-state index contributed by atoms with van der Waals surface area (Å²) in [6.45, 7) is 6.26. The lowest BCUT2D eigenvalue weighted by Crippen LogP contribution is -2.54. The number of carbonyl (C=O) groups is 1. The lowest BCUT2D eigenvalue weighted by Gasteiger charge is -2.37. The van der Waals surface area contributed by atoms with Crippen LogP contribution in [0.4, 0.5) is 0 Å². The molecule has 2 aliphatic rings.